The molecule has 5 rings (SSSR count). The molecule has 4 aromatic carbocycles. The topological polar surface area (TPSA) is 62.4 Å². The predicted molar refractivity (Wildman–Crippen MR) is 136 cm³/mol. The van der Waals surface area contributed by atoms with Crippen LogP contribution < -0.4 is 9.08 Å². The van der Waals surface area contributed by atoms with E-state index in [0.29, 0.717) is 11.1 Å². The average Bonchev–Trinajstić information content (AvgIpc) is 3.13. The largest absolute Gasteiger partial charge is 0.378 e. The van der Waals surface area contributed by atoms with Gasteiger partial charge in [0, 0.05) is 52.4 Å². The van der Waals surface area contributed by atoms with Crippen molar-refractivity contribution < 1.29 is 12.6 Å². The van der Waals surface area contributed by atoms with Gasteiger partial charge in [-0.15, -0.1) is 0 Å². The molecule has 1 heterocycles. The zero-order valence-corrected chi connectivity index (χ0v) is 20.2. The second kappa shape index (κ2) is 7.52. The van der Waals surface area contributed by atoms with Crippen LogP contribution in [0.3, 0.4) is 0 Å². The number of fused-ring (bicyclic) bond motifs is 4. The fourth-order valence-electron chi connectivity index (χ4n) is 4.63. The lowest BCUT2D eigenvalue weighted by Gasteiger charge is -2.18. The Kier molecular flexibility index (Phi) is 4.87. The molecule has 0 amide bonds. The first kappa shape index (κ1) is 21.3. The minimum absolute atomic E-state index is 0.162. The number of aromatic amines is 1. The smallest absolute Gasteiger partial charge is 0.339 e. The molecule has 5 aromatic rings. The zero-order chi connectivity index (χ0) is 23.5. The first-order chi connectivity index (χ1) is 15.7. The lowest BCUT2D eigenvalue weighted by atomic mass is 10.0. The second-order valence-corrected chi connectivity index (χ2v) is 10.3. The maximum absolute atomic E-state index is 13.5. The van der Waals surface area contributed by atoms with Gasteiger partial charge in [0.1, 0.15) is 4.90 Å². The van der Waals surface area contributed by atoms with Gasteiger partial charge in [-0.1, -0.05) is 36.4 Å². The first-order valence-electron chi connectivity index (χ1n) is 10.8. The highest BCUT2D eigenvalue weighted by Gasteiger charge is 2.24. The highest BCUT2D eigenvalue weighted by atomic mass is 32.2. The van der Waals surface area contributed by atoms with E-state index in [1.165, 1.54) is 0 Å². The number of anilines is 1. The number of rotatable bonds is 4. The van der Waals surface area contributed by atoms with E-state index in [9.17, 15) is 8.42 Å². The van der Waals surface area contributed by atoms with E-state index in [4.69, 9.17) is 4.18 Å². The van der Waals surface area contributed by atoms with Gasteiger partial charge in [0.05, 0.1) is 5.52 Å². The standard InChI is InChI=1S/C27H26N2O3S/c1-16-12-13-19-22-15-17(2)27(18(3)26(22)28-23(19)14-16)32-33(30,31)25-11-7-8-20-21(25)9-6-10-24(20)29(4)5/h6-15,28H,1-5H3. The van der Waals surface area contributed by atoms with Crippen LogP contribution in [0, 0.1) is 20.8 Å². The highest BCUT2D eigenvalue weighted by Crippen LogP contribution is 2.38. The summed E-state index contributed by atoms with van der Waals surface area (Å²) in [5, 5.41) is 3.68. The quantitative estimate of drug-likeness (QED) is 0.324. The van der Waals surface area contributed by atoms with Crippen molar-refractivity contribution >= 4 is 48.4 Å². The monoisotopic (exact) mass is 458 g/mol. The molecule has 0 aliphatic carbocycles. The SMILES string of the molecule is Cc1ccc2c(c1)[nH]c1c(C)c(OS(=O)(=O)c3cccc4c(N(C)C)cccc34)c(C)cc12. The van der Waals surface area contributed by atoms with E-state index >= 15 is 0 Å². The summed E-state index contributed by atoms with van der Waals surface area (Å²) in [5.74, 6) is 0.367. The molecule has 1 aromatic heterocycles. The Morgan fingerprint density at radius 3 is 2.30 bits per heavy atom. The Labute approximate surface area is 193 Å². The minimum atomic E-state index is -4.07. The second-order valence-electron chi connectivity index (χ2n) is 8.80. The van der Waals surface area contributed by atoms with Crippen molar-refractivity contribution in [1.82, 2.24) is 4.98 Å². The molecule has 168 valence electrons. The van der Waals surface area contributed by atoms with Crippen molar-refractivity contribution in [3.63, 3.8) is 0 Å². The molecule has 0 saturated carbocycles. The van der Waals surface area contributed by atoms with E-state index in [0.717, 1.165) is 49.6 Å². The predicted octanol–water partition coefficient (Wildman–Crippen LogP) is 6.23. The van der Waals surface area contributed by atoms with Gasteiger partial charge in [0.2, 0.25) is 0 Å². The van der Waals surface area contributed by atoms with Crippen molar-refractivity contribution in [3.05, 3.63) is 77.4 Å². The number of hydrogen-bond acceptors (Lipinski definition) is 4. The van der Waals surface area contributed by atoms with E-state index in [1.807, 2.05) is 63.2 Å². The third kappa shape index (κ3) is 3.42. The lowest BCUT2D eigenvalue weighted by Crippen LogP contribution is -2.13. The summed E-state index contributed by atoms with van der Waals surface area (Å²) < 4.78 is 32.8. The number of nitrogens with one attached hydrogen (secondary N) is 1. The van der Waals surface area contributed by atoms with E-state index in [1.54, 1.807) is 12.1 Å². The summed E-state index contributed by atoms with van der Waals surface area (Å²) in [4.78, 5) is 5.58. The van der Waals surface area contributed by atoms with Crippen LogP contribution >= 0.6 is 0 Å². The molecule has 0 aliphatic heterocycles. The van der Waals surface area contributed by atoms with Crippen LogP contribution in [0.15, 0.2) is 65.6 Å². The molecule has 0 fully saturated rings. The Balaban J connectivity index is 1.67. The first-order valence-corrected chi connectivity index (χ1v) is 12.2. The van der Waals surface area contributed by atoms with E-state index < -0.39 is 10.1 Å². The highest BCUT2D eigenvalue weighted by molar-refractivity contribution is 7.87. The summed E-state index contributed by atoms with van der Waals surface area (Å²) >= 11 is 0. The van der Waals surface area contributed by atoms with E-state index in [-0.39, 0.29) is 4.90 Å². The third-order valence-electron chi connectivity index (χ3n) is 6.23. The van der Waals surface area contributed by atoms with Gasteiger partial charge in [0.25, 0.3) is 0 Å². The minimum Gasteiger partial charge on any atom is -0.378 e. The Morgan fingerprint density at radius 2 is 1.55 bits per heavy atom. The molecule has 0 aliphatic rings. The number of nitrogens with zero attached hydrogens (tertiary/aromatic N) is 1. The van der Waals surface area contributed by atoms with Gasteiger partial charge in [-0.05, 0) is 56.2 Å². The number of H-pyrrole nitrogens is 1. The number of aromatic nitrogens is 1. The summed E-state index contributed by atoms with van der Waals surface area (Å²) in [5.41, 5.74) is 5.58. The Hall–Kier alpha value is -3.51. The lowest BCUT2D eigenvalue weighted by molar-refractivity contribution is 0.483. The Morgan fingerprint density at radius 1 is 0.818 bits per heavy atom. The van der Waals surface area contributed by atoms with Crippen molar-refractivity contribution in [2.45, 2.75) is 25.7 Å². The zero-order valence-electron chi connectivity index (χ0n) is 19.4. The molecule has 0 saturated heterocycles. The summed E-state index contributed by atoms with van der Waals surface area (Å²) in [6, 6.07) is 19.2. The molecule has 0 spiro atoms. The van der Waals surface area contributed by atoms with Gasteiger partial charge in [-0.3, -0.25) is 0 Å². The van der Waals surface area contributed by atoms with Gasteiger partial charge in [0.15, 0.2) is 5.75 Å². The molecule has 5 nitrogen and oxygen atoms in total. The number of aryl methyl sites for hydroxylation is 3. The van der Waals surface area contributed by atoms with Crippen LogP contribution in [0.25, 0.3) is 32.6 Å². The maximum atomic E-state index is 13.5. The molecule has 0 radical (unpaired) electrons. The van der Waals surface area contributed by atoms with Crippen molar-refractivity contribution in [2.75, 3.05) is 19.0 Å². The molecule has 1 N–H and O–H groups in total. The van der Waals surface area contributed by atoms with Crippen LogP contribution in [-0.2, 0) is 10.1 Å². The normalized spacial score (nSPS) is 12.0. The number of hydrogen-bond donors (Lipinski definition) is 1. The van der Waals surface area contributed by atoms with E-state index in [2.05, 4.69) is 30.1 Å². The molecular weight excluding hydrogens is 432 g/mol. The molecule has 6 heteroatoms. The van der Waals surface area contributed by atoms with Crippen molar-refractivity contribution in [2.24, 2.45) is 0 Å². The third-order valence-corrected chi connectivity index (χ3v) is 7.51. The molecular formula is C27H26N2O3S. The van der Waals surface area contributed by atoms with Crippen LogP contribution in [-0.4, -0.2) is 27.5 Å². The summed E-state index contributed by atoms with van der Waals surface area (Å²) in [6.45, 7) is 5.84. The van der Waals surface area contributed by atoms with Crippen LogP contribution in [0.5, 0.6) is 5.75 Å². The average molecular weight is 459 g/mol. The van der Waals surface area contributed by atoms with Crippen LogP contribution in [0.1, 0.15) is 16.7 Å². The maximum Gasteiger partial charge on any atom is 0.339 e. The van der Waals surface area contributed by atoms with Gasteiger partial charge in [-0.2, -0.15) is 8.42 Å². The molecule has 0 bridgehead atoms. The van der Waals surface area contributed by atoms with Gasteiger partial charge < -0.3 is 14.1 Å². The van der Waals surface area contributed by atoms with Gasteiger partial charge >= 0.3 is 10.1 Å². The molecule has 0 atom stereocenters. The Bertz CT molecular complexity index is 1660. The fraction of sp³-hybridized carbons (Fsp3) is 0.185. The van der Waals surface area contributed by atoms with Crippen LogP contribution in [0.2, 0.25) is 0 Å². The van der Waals surface area contributed by atoms with Crippen molar-refractivity contribution in [3.8, 4) is 5.75 Å². The van der Waals surface area contributed by atoms with Crippen LogP contribution in [0.4, 0.5) is 5.69 Å². The molecule has 33 heavy (non-hydrogen) atoms. The van der Waals surface area contributed by atoms with Crippen molar-refractivity contribution in [1.29, 1.82) is 0 Å². The number of benzene rings is 4. The summed E-state index contributed by atoms with van der Waals surface area (Å²) in [7, 11) is -0.184. The molecule has 0 unspecified atom stereocenters. The summed E-state index contributed by atoms with van der Waals surface area (Å²) in [6.07, 6.45) is 0. The van der Waals surface area contributed by atoms with Gasteiger partial charge in [-0.25, -0.2) is 0 Å². The fourth-order valence-corrected chi connectivity index (χ4v) is 5.88.